The van der Waals surface area contributed by atoms with Crippen LogP contribution in [0.2, 0.25) is 10.0 Å². The van der Waals surface area contributed by atoms with Crippen molar-refractivity contribution in [2.24, 2.45) is 0 Å². The smallest absolute Gasteiger partial charge is 0.247 e. The molecular weight excluding hydrogens is 377 g/mol. The number of anilines is 2. The van der Waals surface area contributed by atoms with Crippen molar-refractivity contribution in [2.45, 2.75) is 19.3 Å². The number of aromatic nitrogens is 3. The molecule has 0 bridgehead atoms. The number of nitrogens with zero attached hydrogens (tertiary/aromatic N) is 4. The van der Waals surface area contributed by atoms with Crippen molar-refractivity contribution in [1.29, 1.82) is 0 Å². The Hall–Kier alpha value is -1.67. The van der Waals surface area contributed by atoms with Gasteiger partial charge in [-0.05, 0) is 25.3 Å². The molecule has 1 aliphatic rings. The van der Waals surface area contributed by atoms with E-state index in [0.717, 1.165) is 32.4 Å². The van der Waals surface area contributed by atoms with Gasteiger partial charge in [0.25, 0.3) is 0 Å². The molecule has 3 rings (SSSR count). The van der Waals surface area contributed by atoms with Gasteiger partial charge in [0.2, 0.25) is 5.95 Å². The summed E-state index contributed by atoms with van der Waals surface area (Å²) >= 11 is 12.2. The predicted octanol–water partition coefficient (Wildman–Crippen LogP) is 3.04. The second kappa shape index (κ2) is 10.5. The van der Waals surface area contributed by atoms with E-state index in [9.17, 15) is 0 Å². The van der Waals surface area contributed by atoms with Gasteiger partial charge in [-0.1, -0.05) is 35.3 Å². The Balaban J connectivity index is 0.000000352. The van der Waals surface area contributed by atoms with Crippen LogP contribution in [0.4, 0.5) is 11.8 Å². The second-order valence-electron chi connectivity index (χ2n) is 5.71. The molecule has 0 unspecified atom stereocenters. The summed E-state index contributed by atoms with van der Waals surface area (Å²) < 4.78 is 4.62. The maximum Gasteiger partial charge on any atom is 0.247 e. The fourth-order valence-corrected chi connectivity index (χ4v) is 2.86. The number of halogens is 2. The van der Waals surface area contributed by atoms with Crippen molar-refractivity contribution in [3.05, 3.63) is 28.2 Å². The molecule has 1 aliphatic heterocycles. The van der Waals surface area contributed by atoms with E-state index < -0.39 is 0 Å². The summed E-state index contributed by atoms with van der Waals surface area (Å²) in [6.07, 6.45) is 3.03. The summed E-state index contributed by atoms with van der Waals surface area (Å²) in [5.41, 5.74) is 7.10. The lowest BCUT2D eigenvalue weighted by molar-refractivity contribution is 0.166. The number of methoxy groups -OCH3 is 1. The van der Waals surface area contributed by atoms with Crippen molar-refractivity contribution in [3.63, 3.8) is 0 Å². The summed E-state index contributed by atoms with van der Waals surface area (Å²) in [6.45, 7) is 2.78. The van der Waals surface area contributed by atoms with E-state index >= 15 is 0 Å². The van der Waals surface area contributed by atoms with Crippen LogP contribution in [0.15, 0.2) is 18.2 Å². The van der Waals surface area contributed by atoms with Gasteiger partial charge in [0.1, 0.15) is 5.69 Å². The number of hydrogen-bond acceptors (Lipinski definition) is 7. The monoisotopic (exact) mass is 399 g/mol. The van der Waals surface area contributed by atoms with Gasteiger partial charge in [-0.3, -0.25) is 0 Å². The van der Waals surface area contributed by atoms with Gasteiger partial charge in [-0.25, -0.2) is 0 Å². The Morgan fingerprint density at radius 1 is 1.23 bits per heavy atom. The minimum absolute atomic E-state index is 0.230. The number of aliphatic hydroxyl groups is 1. The summed E-state index contributed by atoms with van der Waals surface area (Å²) in [7, 11) is 1.62. The standard InChI is InChI=1S/C13H13Cl2N5.C4H10O2/c14-9-5-3-4-8(10(9)15)11-12(16)17-13(19-18-11)20-6-1-2-7-20;1-6-4-2-3-5/h3-5H,1-2,6-7H2,(H2,16,17,19);5H,2-4H2,1H3. The molecule has 0 spiro atoms. The van der Waals surface area contributed by atoms with Crippen LogP contribution in [0.3, 0.4) is 0 Å². The van der Waals surface area contributed by atoms with Gasteiger partial charge >= 0.3 is 0 Å². The average molecular weight is 400 g/mol. The van der Waals surface area contributed by atoms with Crippen LogP contribution in [0.25, 0.3) is 11.3 Å². The van der Waals surface area contributed by atoms with Crippen LogP contribution in [0.5, 0.6) is 0 Å². The van der Waals surface area contributed by atoms with Gasteiger partial charge in [-0.2, -0.15) is 4.98 Å². The highest BCUT2D eigenvalue weighted by Crippen LogP contribution is 2.34. The first kappa shape index (κ1) is 20.6. The molecule has 3 N–H and O–H groups in total. The fourth-order valence-electron chi connectivity index (χ4n) is 2.47. The fraction of sp³-hybridized carbons (Fsp3) is 0.471. The van der Waals surface area contributed by atoms with E-state index in [0.29, 0.717) is 39.7 Å². The van der Waals surface area contributed by atoms with Gasteiger partial charge in [-0.15, -0.1) is 10.2 Å². The molecule has 26 heavy (non-hydrogen) atoms. The number of aliphatic hydroxyl groups excluding tert-OH is 1. The van der Waals surface area contributed by atoms with Crippen LogP contribution < -0.4 is 10.6 Å². The van der Waals surface area contributed by atoms with E-state index in [-0.39, 0.29) is 6.61 Å². The van der Waals surface area contributed by atoms with Crippen molar-refractivity contribution in [2.75, 3.05) is 44.0 Å². The molecule has 0 atom stereocenters. The number of ether oxygens (including phenoxy) is 1. The highest BCUT2D eigenvalue weighted by Gasteiger charge is 2.18. The second-order valence-corrected chi connectivity index (χ2v) is 6.50. The molecule has 0 radical (unpaired) electrons. The van der Waals surface area contributed by atoms with Crippen LogP contribution in [-0.4, -0.2) is 53.7 Å². The number of rotatable bonds is 5. The number of nitrogens with two attached hydrogens (primary N) is 1. The lowest BCUT2D eigenvalue weighted by atomic mass is 10.1. The lowest BCUT2D eigenvalue weighted by Crippen LogP contribution is -2.21. The first-order valence-electron chi connectivity index (χ1n) is 8.37. The van der Waals surface area contributed by atoms with Crippen molar-refractivity contribution in [1.82, 2.24) is 15.2 Å². The minimum Gasteiger partial charge on any atom is -0.396 e. The summed E-state index contributed by atoms with van der Waals surface area (Å²) in [5, 5.41) is 17.3. The molecule has 9 heteroatoms. The van der Waals surface area contributed by atoms with Crippen LogP contribution in [-0.2, 0) is 4.74 Å². The van der Waals surface area contributed by atoms with Crippen LogP contribution in [0.1, 0.15) is 19.3 Å². The molecule has 0 saturated carbocycles. The van der Waals surface area contributed by atoms with Crippen LogP contribution in [0, 0.1) is 0 Å². The Kier molecular flexibility index (Phi) is 8.31. The molecule has 1 fully saturated rings. The Morgan fingerprint density at radius 2 is 1.96 bits per heavy atom. The first-order valence-corrected chi connectivity index (χ1v) is 9.13. The van der Waals surface area contributed by atoms with E-state index in [4.69, 9.17) is 34.0 Å². The van der Waals surface area contributed by atoms with E-state index in [1.165, 1.54) is 0 Å². The highest BCUT2D eigenvalue weighted by molar-refractivity contribution is 6.43. The zero-order chi connectivity index (χ0) is 18.9. The molecular formula is C17H23Cl2N5O2. The van der Waals surface area contributed by atoms with Gasteiger partial charge < -0.3 is 20.5 Å². The normalized spacial score (nSPS) is 13.5. The zero-order valence-corrected chi connectivity index (χ0v) is 16.2. The van der Waals surface area contributed by atoms with Gasteiger partial charge in [0, 0.05) is 39.0 Å². The average Bonchev–Trinajstić information content (AvgIpc) is 3.18. The number of nitrogen functional groups attached to an aromatic ring is 1. The zero-order valence-electron chi connectivity index (χ0n) is 14.7. The third-order valence-electron chi connectivity index (χ3n) is 3.80. The van der Waals surface area contributed by atoms with Crippen molar-refractivity contribution in [3.8, 4) is 11.3 Å². The maximum atomic E-state index is 8.12. The predicted molar refractivity (Wildman–Crippen MR) is 105 cm³/mol. The van der Waals surface area contributed by atoms with Crippen molar-refractivity contribution < 1.29 is 9.84 Å². The molecule has 7 nitrogen and oxygen atoms in total. The van der Waals surface area contributed by atoms with E-state index in [1.54, 1.807) is 25.3 Å². The van der Waals surface area contributed by atoms with Gasteiger partial charge in [0.05, 0.1) is 10.0 Å². The topological polar surface area (TPSA) is 97.4 Å². The minimum atomic E-state index is 0.230. The first-order chi connectivity index (χ1) is 12.6. The molecule has 1 saturated heterocycles. The van der Waals surface area contributed by atoms with Crippen molar-refractivity contribution >= 4 is 35.0 Å². The molecule has 2 aromatic rings. The van der Waals surface area contributed by atoms with Crippen LogP contribution >= 0.6 is 23.2 Å². The maximum absolute atomic E-state index is 8.12. The van der Waals surface area contributed by atoms with E-state index in [1.807, 2.05) is 0 Å². The largest absolute Gasteiger partial charge is 0.396 e. The molecule has 1 aromatic carbocycles. The van der Waals surface area contributed by atoms with E-state index in [2.05, 4.69) is 24.8 Å². The number of benzene rings is 1. The highest BCUT2D eigenvalue weighted by atomic mass is 35.5. The molecule has 0 aliphatic carbocycles. The molecule has 0 amide bonds. The molecule has 1 aromatic heterocycles. The summed E-state index contributed by atoms with van der Waals surface area (Å²) in [4.78, 5) is 6.41. The SMILES string of the molecule is COCCCO.Nc1nc(N2CCCC2)nnc1-c1cccc(Cl)c1Cl. The third kappa shape index (κ3) is 5.41. The quantitative estimate of drug-likeness (QED) is 0.745. The summed E-state index contributed by atoms with van der Waals surface area (Å²) in [6, 6.07) is 5.30. The Bertz CT molecular complexity index is 708. The Labute approximate surface area is 163 Å². The third-order valence-corrected chi connectivity index (χ3v) is 4.62. The molecule has 2 heterocycles. The lowest BCUT2D eigenvalue weighted by Gasteiger charge is -2.15. The Morgan fingerprint density at radius 3 is 2.54 bits per heavy atom. The van der Waals surface area contributed by atoms with Gasteiger partial charge in [0.15, 0.2) is 5.82 Å². The number of hydrogen-bond donors (Lipinski definition) is 2. The summed E-state index contributed by atoms with van der Waals surface area (Å²) in [5.74, 6) is 0.882. The molecule has 142 valence electrons.